The highest BCUT2D eigenvalue weighted by molar-refractivity contribution is 5.74. The molecule has 1 aliphatic rings. The Kier molecular flexibility index (Phi) is 7.54. The largest absolute Gasteiger partial charge is 0.481 e. The molecule has 1 rings (SSSR count). The van der Waals surface area contributed by atoms with Gasteiger partial charge in [0.25, 0.3) is 0 Å². The van der Waals surface area contributed by atoms with Gasteiger partial charge in [0, 0.05) is 18.5 Å². The molecule has 3 unspecified atom stereocenters. The van der Waals surface area contributed by atoms with Crippen molar-refractivity contribution in [1.29, 1.82) is 0 Å². The van der Waals surface area contributed by atoms with Crippen molar-refractivity contribution in [2.45, 2.75) is 77.8 Å². The molecule has 0 aromatic carbocycles. The van der Waals surface area contributed by atoms with Crippen LogP contribution in [0.4, 0.5) is 4.79 Å². The monoisotopic (exact) mass is 298 g/mol. The van der Waals surface area contributed by atoms with Gasteiger partial charge in [-0.1, -0.05) is 26.7 Å². The van der Waals surface area contributed by atoms with E-state index < -0.39 is 5.97 Å². The average Bonchev–Trinajstić information content (AvgIpc) is 2.38. The van der Waals surface area contributed by atoms with Crippen molar-refractivity contribution in [3.63, 3.8) is 0 Å². The van der Waals surface area contributed by atoms with Crippen LogP contribution in [0.15, 0.2) is 0 Å². The van der Waals surface area contributed by atoms with Gasteiger partial charge in [-0.25, -0.2) is 4.79 Å². The molecule has 1 aliphatic carbocycles. The molecule has 0 saturated heterocycles. The normalized spacial score (nSPS) is 23.6. The predicted molar refractivity (Wildman–Crippen MR) is 83.2 cm³/mol. The molecule has 0 heterocycles. The van der Waals surface area contributed by atoms with Crippen molar-refractivity contribution >= 4 is 12.0 Å². The van der Waals surface area contributed by atoms with Gasteiger partial charge in [-0.05, 0) is 44.4 Å². The van der Waals surface area contributed by atoms with Gasteiger partial charge in [0.2, 0.25) is 0 Å². The first kappa shape index (κ1) is 17.8. The SMILES string of the molecule is CC(CCCC(=O)O)NC(=O)NC1CCCCC1C(C)C. The molecule has 3 atom stereocenters. The third kappa shape index (κ3) is 6.82. The second-order valence-electron chi connectivity index (χ2n) is 6.60. The van der Waals surface area contributed by atoms with Gasteiger partial charge < -0.3 is 15.7 Å². The third-order valence-electron chi connectivity index (χ3n) is 4.40. The second-order valence-corrected chi connectivity index (χ2v) is 6.60. The maximum Gasteiger partial charge on any atom is 0.315 e. The molecule has 0 aromatic rings. The van der Waals surface area contributed by atoms with Crippen molar-refractivity contribution in [3.05, 3.63) is 0 Å². The maximum absolute atomic E-state index is 12.0. The van der Waals surface area contributed by atoms with Crippen LogP contribution in [0.3, 0.4) is 0 Å². The van der Waals surface area contributed by atoms with Crippen LogP contribution in [-0.2, 0) is 4.79 Å². The number of carboxylic acids is 1. The fourth-order valence-electron chi connectivity index (χ4n) is 3.20. The molecular weight excluding hydrogens is 268 g/mol. The lowest BCUT2D eigenvalue weighted by Gasteiger charge is -2.35. The summed E-state index contributed by atoms with van der Waals surface area (Å²) in [5, 5.41) is 14.6. The Morgan fingerprint density at radius 3 is 2.48 bits per heavy atom. The fourth-order valence-corrected chi connectivity index (χ4v) is 3.20. The summed E-state index contributed by atoms with van der Waals surface area (Å²) in [4.78, 5) is 22.5. The summed E-state index contributed by atoms with van der Waals surface area (Å²) in [6.07, 6.45) is 6.13. The van der Waals surface area contributed by atoms with Crippen molar-refractivity contribution in [1.82, 2.24) is 10.6 Å². The molecule has 122 valence electrons. The fraction of sp³-hybridized carbons (Fsp3) is 0.875. The molecule has 5 nitrogen and oxygen atoms in total. The summed E-state index contributed by atoms with van der Waals surface area (Å²) in [5.41, 5.74) is 0. The van der Waals surface area contributed by atoms with E-state index >= 15 is 0 Å². The van der Waals surface area contributed by atoms with Gasteiger partial charge in [0.15, 0.2) is 0 Å². The Labute approximate surface area is 127 Å². The van der Waals surface area contributed by atoms with E-state index in [1.807, 2.05) is 6.92 Å². The summed E-state index contributed by atoms with van der Waals surface area (Å²) in [6.45, 7) is 6.36. The molecule has 21 heavy (non-hydrogen) atoms. The van der Waals surface area contributed by atoms with E-state index in [4.69, 9.17) is 5.11 Å². The van der Waals surface area contributed by atoms with E-state index in [9.17, 15) is 9.59 Å². The van der Waals surface area contributed by atoms with Crippen LogP contribution in [0.25, 0.3) is 0 Å². The van der Waals surface area contributed by atoms with E-state index in [0.29, 0.717) is 24.7 Å². The molecule has 3 N–H and O–H groups in total. The van der Waals surface area contributed by atoms with Crippen LogP contribution in [0.1, 0.15) is 65.7 Å². The molecule has 0 bridgehead atoms. The summed E-state index contributed by atoms with van der Waals surface area (Å²) < 4.78 is 0. The number of carbonyl (C=O) groups is 2. The number of carbonyl (C=O) groups excluding carboxylic acids is 1. The summed E-state index contributed by atoms with van der Waals surface area (Å²) in [6, 6.07) is 0.158. The predicted octanol–water partition coefficient (Wildman–Crippen LogP) is 3.14. The number of amides is 2. The van der Waals surface area contributed by atoms with Crippen LogP contribution in [0, 0.1) is 11.8 Å². The van der Waals surface area contributed by atoms with Gasteiger partial charge in [-0.3, -0.25) is 4.79 Å². The van der Waals surface area contributed by atoms with Gasteiger partial charge in [-0.2, -0.15) is 0 Å². The van der Waals surface area contributed by atoms with Crippen molar-refractivity contribution < 1.29 is 14.7 Å². The van der Waals surface area contributed by atoms with Gasteiger partial charge in [0.1, 0.15) is 0 Å². The standard InChI is InChI=1S/C16H30N2O3/c1-11(2)13-8-4-5-9-14(13)18-16(21)17-12(3)7-6-10-15(19)20/h11-14H,4-10H2,1-3H3,(H,19,20)(H2,17,18,21). The summed E-state index contributed by atoms with van der Waals surface area (Å²) in [5.74, 6) is 0.365. The quantitative estimate of drug-likeness (QED) is 0.675. The Hall–Kier alpha value is -1.26. The van der Waals surface area contributed by atoms with E-state index in [-0.39, 0.29) is 24.5 Å². The lowest BCUT2D eigenvalue weighted by Crippen LogP contribution is -2.49. The molecule has 1 saturated carbocycles. The minimum Gasteiger partial charge on any atom is -0.481 e. The number of urea groups is 1. The average molecular weight is 298 g/mol. The van der Waals surface area contributed by atoms with Crippen LogP contribution in [-0.4, -0.2) is 29.2 Å². The topological polar surface area (TPSA) is 78.4 Å². The number of hydrogen-bond donors (Lipinski definition) is 3. The molecule has 2 amide bonds. The van der Waals surface area contributed by atoms with E-state index in [2.05, 4.69) is 24.5 Å². The minimum atomic E-state index is -0.784. The smallest absolute Gasteiger partial charge is 0.315 e. The first-order valence-electron chi connectivity index (χ1n) is 8.19. The summed E-state index contributed by atoms with van der Waals surface area (Å²) in [7, 11) is 0. The highest BCUT2D eigenvalue weighted by atomic mass is 16.4. The number of rotatable bonds is 7. The van der Waals surface area contributed by atoms with Crippen LogP contribution in [0.2, 0.25) is 0 Å². The lowest BCUT2D eigenvalue weighted by molar-refractivity contribution is -0.137. The first-order chi connectivity index (χ1) is 9.90. The zero-order valence-corrected chi connectivity index (χ0v) is 13.5. The van der Waals surface area contributed by atoms with Gasteiger partial charge in [-0.15, -0.1) is 0 Å². The molecule has 0 aliphatic heterocycles. The zero-order valence-electron chi connectivity index (χ0n) is 13.5. The number of hydrogen-bond acceptors (Lipinski definition) is 2. The highest BCUT2D eigenvalue weighted by Crippen LogP contribution is 2.30. The van der Waals surface area contributed by atoms with E-state index in [1.165, 1.54) is 19.3 Å². The maximum atomic E-state index is 12.0. The molecule has 0 aromatic heterocycles. The molecule has 0 spiro atoms. The van der Waals surface area contributed by atoms with Gasteiger partial charge in [0.05, 0.1) is 0 Å². The van der Waals surface area contributed by atoms with Crippen molar-refractivity contribution in [2.75, 3.05) is 0 Å². The van der Waals surface area contributed by atoms with Crippen molar-refractivity contribution in [2.24, 2.45) is 11.8 Å². The number of nitrogens with one attached hydrogen (secondary N) is 2. The van der Waals surface area contributed by atoms with Gasteiger partial charge >= 0.3 is 12.0 Å². The van der Waals surface area contributed by atoms with E-state index in [0.717, 1.165) is 6.42 Å². The highest BCUT2D eigenvalue weighted by Gasteiger charge is 2.28. The van der Waals surface area contributed by atoms with Crippen LogP contribution < -0.4 is 10.6 Å². The Balaban J connectivity index is 2.32. The number of carboxylic acid groups (broad SMARTS) is 1. The summed E-state index contributed by atoms with van der Waals surface area (Å²) >= 11 is 0. The molecule has 5 heteroatoms. The zero-order chi connectivity index (χ0) is 15.8. The van der Waals surface area contributed by atoms with E-state index in [1.54, 1.807) is 0 Å². The first-order valence-corrected chi connectivity index (χ1v) is 8.19. The van der Waals surface area contributed by atoms with Crippen LogP contribution >= 0.6 is 0 Å². The Bertz CT molecular complexity index is 344. The second kappa shape index (κ2) is 8.90. The molecule has 0 radical (unpaired) electrons. The molecular formula is C16H30N2O3. The Morgan fingerprint density at radius 1 is 1.19 bits per heavy atom. The Morgan fingerprint density at radius 2 is 1.86 bits per heavy atom. The van der Waals surface area contributed by atoms with Crippen LogP contribution in [0.5, 0.6) is 0 Å². The lowest BCUT2D eigenvalue weighted by atomic mass is 9.78. The minimum absolute atomic E-state index is 0.00504. The third-order valence-corrected chi connectivity index (χ3v) is 4.40. The van der Waals surface area contributed by atoms with Crippen molar-refractivity contribution in [3.8, 4) is 0 Å². The molecule has 1 fully saturated rings. The number of aliphatic carboxylic acids is 1.